The van der Waals surface area contributed by atoms with Crippen LogP contribution in [0.1, 0.15) is 69.2 Å². The molecule has 9 heteroatoms. The lowest BCUT2D eigenvalue weighted by atomic mass is 10.2. The molecule has 0 heterocycles. The van der Waals surface area contributed by atoms with Crippen molar-refractivity contribution in [1.29, 1.82) is 0 Å². The molecule has 0 aliphatic carbocycles. The van der Waals surface area contributed by atoms with Crippen LogP contribution in [0.4, 0.5) is 4.79 Å². The Hall–Kier alpha value is -1.49. The van der Waals surface area contributed by atoms with Crippen LogP contribution < -0.4 is 0 Å². The van der Waals surface area contributed by atoms with Gasteiger partial charge in [-0.1, -0.05) is 13.2 Å². The van der Waals surface area contributed by atoms with Crippen LogP contribution in [-0.2, 0) is 38.5 Å². The maximum Gasteiger partial charge on any atom is 0.512 e. The monoisotopic (exact) mass is 434 g/mol. The number of rotatable bonds is 12. The third-order valence-corrected chi connectivity index (χ3v) is 2.73. The van der Waals surface area contributed by atoms with Crippen LogP contribution >= 0.6 is 0 Å². The SMILES string of the molecule is C=C(C)C(OOC(C)(C)C)OC(C)OC(=O)OC(C)OC(OOC(C)(C)C)C(=C)C. The van der Waals surface area contributed by atoms with Crippen LogP contribution in [0.3, 0.4) is 0 Å². The Morgan fingerprint density at radius 3 is 1.23 bits per heavy atom. The fourth-order valence-electron chi connectivity index (χ4n) is 1.52. The molecule has 0 spiro atoms. The molecule has 0 aliphatic heterocycles. The van der Waals surface area contributed by atoms with Crippen molar-refractivity contribution in [1.82, 2.24) is 0 Å². The molecule has 0 rings (SSSR count). The second-order valence-electron chi connectivity index (χ2n) is 8.83. The smallest absolute Gasteiger partial charge is 0.404 e. The molecule has 0 aromatic rings. The molecule has 0 bridgehead atoms. The third kappa shape index (κ3) is 14.5. The molecule has 9 nitrogen and oxygen atoms in total. The first-order valence-electron chi connectivity index (χ1n) is 9.68. The van der Waals surface area contributed by atoms with E-state index in [1.54, 1.807) is 13.8 Å². The molecular formula is C21H38O9. The molecule has 0 radical (unpaired) electrons. The lowest BCUT2D eigenvalue weighted by Crippen LogP contribution is -2.33. The summed E-state index contributed by atoms with van der Waals surface area (Å²) < 4.78 is 21.1. The van der Waals surface area contributed by atoms with Crippen molar-refractivity contribution in [3.05, 3.63) is 24.3 Å². The van der Waals surface area contributed by atoms with Gasteiger partial charge in [-0.2, -0.15) is 9.78 Å². The molecule has 4 atom stereocenters. The van der Waals surface area contributed by atoms with Crippen molar-refractivity contribution < 1.29 is 43.3 Å². The van der Waals surface area contributed by atoms with Crippen molar-refractivity contribution in [2.75, 3.05) is 0 Å². The summed E-state index contributed by atoms with van der Waals surface area (Å²) in [4.78, 5) is 32.9. The van der Waals surface area contributed by atoms with Crippen LogP contribution in [-0.4, -0.2) is 42.5 Å². The maximum atomic E-state index is 12.0. The largest absolute Gasteiger partial charge is 0.512 e. The van der Waals surface area contributed by atoms with Crippen molar-refractivity contribution >= 4 is 6.16 Å². The average molecular weight is 435 g/mol. The van der Waals surface area contributed by atoms with Gasteiger partial charge in [0.05, 0.1) is 11.2 Å². The van der Waals surface area contributed by atoms with Gasteiger partial charge in [0, 0.05) is 0 Å². The molecule has 0 saturated heterocycles. The first-order chi connectivity index (χ1) is 13.5. The van der Waals surface area contributed by atoms with E-state index in [1.807, 2.05) is 41.5 Å². The second kappa shape index (κ2) is 12.4. The van der Waals surface area contributed by atoms with Gasteiger partial charge >= 0.3 is 6.16 Å². The highest BCUT2D eigenvalue weighted by Crippen LogP contribution is 2.18. The molecule has 0 aromatic heterocycles. The van der Waals surface area contributed by atoms with E-state index < -0.39 is 42.5 Å². The molecule has 176 valence electrons. The molecular weight excluding hydrogens is 396 g/mol. The Bertz CT molecular complexity index is 512. The quantitative estimate of drug-likeness (QED) is 0.136. The summed E-state index contributed by atoms with van der Waals surface area (Å²) in [6.45, 7) is 24.8. The zero-order valence-electron chi connectivity index (χ0n) is 19.9. The molecule has 0 saturated carbocycles. The summed E-state index contributed by atoms with van der Waals surface area (Å²) in [5, 5.41) is 0. The van der Waals surface area contributed by atoms with Crippen molar-refractivity contribution in [2.45, 2.75) is 106 Å². The first kappa shape index (κ1) is 28.5. The van der Waals surface area contributed by atoms with Gasteiger partial charge < -0.3 is 18.9 Å². The van der Waals surface area contributed by atoms with Gasteiger partial charge in [0.2, 0.25) is 25.2 Å². The topological polar surface area (TPSA) is 90.9 Å². The predicted molar refractivity (Wildman–Crippen MR) is 110 cm³/mol. The lowest BCUT2D eigenvalue weighted by Gasteiger charge is -2.27. The van der Waals surface area contributed by atoms with E-state index >= 15 is 0 Å². The van der Waals surface area contributed by atoms with Crippen LogP contribution in [0.2, 0.25) is 0 Å². The van der Waals surface area contributed by atoms with Crippen molar-refractivity contribution in [3.8, 4) is 0 Å². The van der Waals surface area contributed by atoms with E-state index in [4.69, 9.17) is 38.5 Å². The third-order valence-electron chi connectivity index (χ3n) is 2.73. The highest BCUT2D eigenvalue weighted by Gasteiger charge is 2.25. The van der Waals surface area contributed by atoms with E-state index in [0.717, 1.165) is 0 Å². The van der Waals surface area contributed by atoms with Gasteiger partial charge in [-0.05, 0) is 80.4 Å². The molecule has 0 fully saturated rings. The highest BCUT2D eigenvalue weighted by molar-refractivity contribution is 5.60. The number of ether oxygens (including phenoxy) is 4. The van der Waals surface area contributed by atoms with Crippen molar-refractivity contribution in [3.63, 3.8) is 0 Å². The summed E-state index contributed by atoms with van der Waals surface area (Å²) in [6.07, 6.45) is -4.89. The fourth-order valence-corrected chi connectivity index (χ4v) is 1.52. The normalized spacial score (nSPS) is 16.3. The predicted octanol–water partition coefficient (Wildman–Crippen LogP) is 5.16. The maximum absolute atomic E-state index is 12.0. The van der Waals surface area contributed by atoms with Gasteiger partial charge in [-0.25, -0.2) is 14.6 Å². The summed E-state index contributed by atoms with van der Waals surface area (Å²) >= 11 is 0. The van der Waals surface area contributed by atoms with E-state index in [0.29, 0.717) is 11.1 Å². The number of hydrogen-bond acceptors (Lipinski definition) is 9. The summed E-state index contributed by atoms with van der Waals surface area (Å²) in [5.41, 5.74) is -0.0446. The summed E-state index contributed by atoms with van der Waals surface area (Å²) in [5.74, 6) is 0. The molecule has 4 unspecified atom stereocenters. The Labute approximate surface area is 180 Å². The number of carbonyl (C=O) groups excluding carboxylic acids is 1. The first-order valence-corrected chi connectivity index (χ1v) is 9.68. The summed E-state index contributed by atoms with van der Waals surface area (Å²) in [6, 6.07) is 0. The molecule has 0 aliphatic rings. The van der Waals surface area contributed by atoms with E-state index in [-0.39, 0.29) is 0 Å². The average Bonchev–Trinajstić information content (AvgIpc) is 2.52. The zero-order valence-corrected chi connectivity index (χ0v) is 19.9. The van der Waals surface area contributed by atoms with E-state index in [9.17, 15) is 4.79 Å². The Balaban J connectivity index is 4.59. The van der Waals surface area contributed by atoms with Gasteiger partial charge in [-0.15, -0.1) is 0 Å². The van der Waals surface area contributed by atoms with Crippen LogP contribution in [0.15, 0.2) is 24.3 Å². The lowest BCUT2D eigenvalue weighted by molar-refractivity contribution is -0.421. The minimum Gasteiger partial charge on any atom is -0.404 e. The minimum absolute atomic E-state index is 0.528. The fraction of sp³-hybridized carbons (Fsp3) is 0.762. The Kier molecular flexibility index (Phi) is 11.8. The van der Waals surface area contributed by atoms with E-state index in [1.165, 1.54) is 13.8 Å². The highest BCUT2D eigenvalue weighted by atomic mass is 17.2. The van der Waals surface area contributed by atoms with Gasteiger partial charge in [0.15, 0.2) is 0 Å². The van der Waals surface area contributed by atoms with Crippen LogP contribution in [0.5, 0.6) is 0 Å². The van der Waals surface area contributed by atoms with Crippen LogP contribution in [0.25, 0.3) is 0 Å². The van der Waals surface area contributed by atoms with Crippen molar-refractivity contribution in [2.24, 2.45) is 0 Å². The Morgan fingerprint density at radius 1 is 0.700 bits per heavy atom. The van der Waals surface area contributed by atoms with E-state index in [2.05, 4.69) is 13.2 Å². The standard InChI is InChI=1S/C21H38O9/c1-13(2)17(27-29-20(7,8)9)23-15(5)25-19(22)26-16(6)24-18(14(3)4)28-30-21(10,11)12/h15-18H,1,3H2,2,4-12H3. The molecule has 0 amide bonds. The van der Waals surface area contributed by atoms with Gasteiger partial charge in [0.25, 0.3) is 0 Å². The molecule has 0 aromatic carbocycles. The summed E-state index contributed by atoms with van der Waals surface area (Å²) in [7, 11) is 0. The van der Waals surface area contributed by atoms with Gasteiger partial charge in [-0.3, -0.25) is 0 Å². The number of carbonyl (C=O) groups is 1. The minimum atomic E-state index is -1.01. The van der Waals surface area contributed by atoms with Crippen LogP contribution in [0, 0.1) is 0 Å². The zero-order chi connectivity index (χ0) is 23.7. The Morgan fingerprint density at radius 2 is 1.00 bits per heavy atom. The number of hydrogen-bond donors (Lipinski definition) is 0. The molecule has 30 heavy (non-hydrogen) atoms. The second-order valence-corrected chi connectivity index (χ2v) is 8.83. The van der Waals surface area contributed by atoms with Gasteiger partial charge in [0.1, 0.15) is 0 Å². The molecule has 0 N–H and O–H groups in total.